The van der Waals surface area contributed by atoms with Crippen molar-refractivity contribution >= 4 is 0 Å². The lowest BCUT2D eigenvalue weighted by Crippen LogP contribution is -1.75. The van der Waals surface area contributed by atoms with Gasteiger partial charge in [-0.05, 0) is 6.07 Å². The quantitative estimate of drug-likeness (QED) is 0.655. The van der Waals surface area contributed by atoms with Crippen molar-refractivity contribution in [1.82, 2.24) is 10.2 Å². The van der Waals surface area contributed by atoms with Crippen molar-refractivity contribution < 1.29 is 1.41 Å². The second-order valence-corrected chi connectivity index (χ2v) is 2.28. The smallest absolute Gasteiger partial charge is 0.189 e. The van der Waals surface area contributed by atoms with E-state index in [1.165, 1.54) is 0 Å². The van der Waals surface area contributed by atoms with Gasteiger partial charge in [-0.3, -0.25) is 5.09 Å². The lowest BCUT2D eigenvalue weighted by atomic mass is 10.2. The predicted octanol–water partition coefficient (Wildman–Crippen LogP) is 2.08. The zero-order chi connectivity index (χ0) is 8.39. The lowest BCUT2D eigenvalue weighted by Gasteiger charge is -1.91. The van der Waals surface area contributed by atoms with Crippen molar-refractivity contribution in [2.24, 2.45) is 0 Å². The summed E-state index contributed by atoms with van der Waals surface area (Å²) in [6, 6.07) is 11.6. The van der Waals surface area contributed by atoms with E-state index in [-0.39, 0.29) is 0 Å². The van der Waals surface area contributed by atoms with Crippen LogP contribution in [-0.4, -0.2) is 10.2 Å². The third kappa shape index (κ3) is 1.15. The Labute approximate surface area is 66.3 Å². The first-order valence-electron chi connectivity index (χ1n) is 3.91. The highest BCUT2D eigenvalue weighted by molar-refractivity contribution is 5.57. The van der Waals surface area contributed by atoms with Gasteiger partial charge < -0.3 is 0 Å². The molecule has 1 heterocycles. The fourth-order valence-electron chi connectivity index (χ4n) is 0.996. The fourth-order valence-corrected chi connectivity index (χ4v) is 0.996. The minimum atomic E-state index is 0.839. The molecule has 0 unspecified atom stereocenters. The molecule has 2 heteroatoms. The number of rotatable bonds is 1. The monoisotopic (exact) mass is 146 g/mol. The van der Waals surface area contributed by atoms with Gasteiger partial charge in [0.05, 0.1) is 5.69 Å². The summed E-state index contributed by atoms with van der Waals surface area (Å²) in [5.41, 5.74) is 1.88. The zero-order valence-corrected chi connectivity index (χ0v) is 5.94. The Kier molecular flexibility index (Phi) is 1.20. The number of nitrogens with one attached hydrogen (secondary N) is 1. The van der Waals surface area contributed by atoms with Crippen LogP contribution >= 0.6 is 0 Å². The molecule has 0 aliphatic rings. The maximum atomic E-state index is 7.17. The van der Waals surface area contributed by atoms with Gasteiger partial charge in [0.15, 0.2) is 1.41 Å². The van der Waals surface area contributed by atoms with Gasteiger partial charge in [-0.25, -0.2) is 0 Å². The molecule has 0 fully saturated rings. The van der Waals surface area contributed by atoms with Crippen LogP contribution in [0.15, 0.2) is 42.6 Å². The fraction of sp³-hybridized carbons (Fsp3) is 0. The summed E-state index contributed by atoms with van der Waals surface area (Å²) < 4.78 is 7.17. The summed E-state index contributed by atoms with van der Waals surface area (Å²) >= 11 is 0. The Bertz CT molecular complexity index is 367. The van der Waals surface area contributed by atoms with Crippen molar-refractivity contribution in [1.29, 1.82) is 0 Å². The Balaban J connectivity index is 2.45. The highest BCUT2D eigenvalue weighted by atomic mass is 15.1. The minimum absolute atomic E-state index is 0.839. The number of H-pyrrole nitrogens is 1. The van der Waals surface area contributed by atoms with Crippen LogP contribution in [0, 0.1) is 0 Å². The molecule has 0 bridgehead atoms. The normalized spacial score (nSPS) is 11.1. The maximum absolute atomic E-state index is 7.17. The molecule has 11 heavy (non-hydrogen) atoms. The second kappa shape index (κ2) is 2.58. The molecule has 2 rings (SSSR count). The van der Waals surface area contributed by atoms with Gasteiger partial charge in [0.1, 0.15) is 0 Å². The third-order valence-corrected chi connectivity index (χ3v) is 1.53. The van der Waals surface area contributed by atoms with Gasteiger partial charge in [0, 0.05) is 11.8 Å². The first-order chi connectivity index (χ1) is 5.86. The van der Waals surface area contributed by atoms with E-state index in [1.54, 1.807) is 6.20 Å². The predicted molar refractivity (Wildman–Crippen MR) is 44.0 cm³/mol. The van der Waals surface area contributed by atoms with Crippen LogP contribution < -0.4 is 0 Å². The zero-order valence-electron chi connectivity index (χ0n) is 6.94. The average molecular weight is 146 g/mol. The van der Waals surface area contributed by atoms with Crippen LogP contribution in [-0.2, 0) is 0 Å². The van der Waals surface area contributed by atoms with Crippen molar-refractivity contribution in [3.8, 4) is 11.3 Å². The van der Waals surface area contributed by atoms with Gasteiger partial charge in [0.2, 0.25) is 0 Å². The van der Waals surface area contributed by atoms with Crippen molar-refractivity contribution in [2.45, 2.75) is 0 Å². The first kappa shape index (κ1) is 5.13. The summed E-state index contributed by atoms with van der Waals surface area (Å²) in [7, 11) is 0. The molecule has 0 aliphatic carbocycles. The van der Waals surface area contributed by atoms with E-state index in [0.717, 1.165) is 16.3 Å². The molecule has 1 aromatic carbocycles. The molecule has 1 N–H and O–H groups in total. The molecule has 0 saturated carbocycles. The molecule has 0 aliphatic heterocycles. The highest BCUT2D eigenvalue weighted by Crippen LogP contribution is 2.13. The molecule has 0 saturated heterocycles. The Morgan fingerprint density at radius 1 is 1.18 bits per heavy atom. The van der Waals surface area contributed by atoms with Gasteiger partial charge >= 0.3 is 0 Å². The largest absolute Gasteiger partial charge is 0.285 e. The summed E-state index contributed by atoms with van der Waals surface area (Å²) in [5, 5.41) is 5.02. The van der Waals surface area contributed by atoms with E-state index >= 15 is 0 Å². The number of nitrogens with zero attached hydrogens (tertiary/aromatic N) is 1. The van der Waals surface area contributed by atoms with E-state index < -0.39 is 0 Å². The Morgan fingerprint density at radius 3 is 2.64 bits per heavy atom. The standard InChI is InChI=1S/C9H8N2/c1-2-4-8(5-3-1)9-6-7-10-11-9/h1-7H,(H,10,11)/i/hT. The van der Waals surface area contributed by atoms with Crippen LogP contribution in [0.3, 0.4) is 0 Å². The number of benzene rings is 1. The van der Waals surface area contributed by atoms with Gasteiger partial charge in [-0.1, -0.05) is 30.3 Å². The molecule has 0 spiro atoms. The van der Waals surface area contributed by atoms with Crippen LogP contribution in [0.2, 0.25) is 1.41 Å². The number of aromatic nitrogens is 2. The summed E-state index contributed by atoms with van der Waals surface area (Å²) in [5.74, 6) is 0. The van der Waals surface area contributed by atoms with E-state index in [1.807, 2.05) is 36.4 Å². The molecule has 2 nitrogen and oxygen atoms in total. The molecule has 0 amide bonds. The van der Waals surface area contributed by atoms with Gasteiger partial charge in [-0.15, -0.1) is 0 Å². The maximum Gasteiger partial charge on any atom is 0.189 e. The third-order valence-electron chi connectivity index (χ3n) is 1.53. The summed E-state index contributed by atoms with van der Waals surface area (Å²) in [6.07, 6.45) is 1.61. The van der Waals surface area contributed by atoms with Crippen molar-refractivity contribution in [3.05, 3.63) is 42.6 Å². The molecule has 1 aromatic heterocycles. The van der Waals surface area contributed by atoms with Crippen LogP contribution in [0.25, 0.3) is 11.3 Å². The Hall–Kier alpha value is -1.57. The summed E-state index contributed by atoms with van der Waals surface area (Å²) in [4.78, 5) is 0. The van der Waals surface area contributed by atoms with E-state index in [4.69, 9.17) is 1.41 Å². The van der Waals surface area contributed by atoms with Crippen LogP contribution in [0.4, 0.5) is 0 Å². The van der Waals surface area contributed by atoms with Crippen LogP contribution in [0.5, 0.6) is 0 Å². The number of hydrogen-bond donors (Lipinski definition) is 1. The highest BCUT2D eigenvalue weighted by Gasteiger charge is 1.95. The average Bonchev–Trinajstić information content (AvgIpc) is 2.54. The molecule has 54 valence electrons. The number of hydrogen-bond acceptors (Lipinski definition) is 1. The molecule has 0 atom stereocenters. The number of aromatic amines is 1. The van der Waals surface area contributed by atoms with E-state index in [2.05, 4.69) is 5.10 Å². The Morgan fingerprint density at radius 2 is 2.00 bits per heavy atom. The van der Waals surface area contributed by atoms with Gasteiger partial charge in [0.25, 0.3) is 0 Å². The second-order valence-electron chi connectivity index (χ2n) is 2.28. The van der Waals surface area contributed by atoms with E-state index in [0.29, 0.717) is 0 Å². The van der Waals surface area contributed by atoms with Crippen molar-refractivity contribution in [2.75, 3.05) is 0 Å². The SMILES string of the molecule is [3H]n1ccc(-c2ccccc2)n1. The van der Waals surface area contributed by atoms with Crippen LogP contribution in [0.1, 0.15) is 0 Å². The topological polar surface area (TPSA) is 28.7 Å². The minimum Gasteiger partial charge on any atom is -0.285 e. The first-order valence-corrected chi connectivity index (χ1v) is 3.46. The lowest BCUT2D eigenvalue weighted by molar-refractivity contribution is 1.10. The molecular formula is C9H8N2. The molecular weight excluding hydrogens is 136 g/mol. The molecule has 2 aromatic rings. The van der Waals surface area contributed by atoms with Gasteiger partial charge in [-0.2, -0.15) is 5.10 Å². The van der Waals surface area contributed by atoms with Crippen molar-refractivity contribution in [3.63, 3.8) is 0 Å². The van der Waals surface area contributed by atoms with E-state index in [9.17, 15) is 0 Å². The summed E-state index contributed by atoms with van der Waals surface area (Å²) in [6.45, 7) is 0. The molecule has 0 radical (unpaired) electrons.